The first-order valence-corrected chi connectivity index (χ1v) is 7.12. The normalized spacial score (nSPS) is 22.7. The number of rotatable bonds is 2. The Hall–Kier alpha value is -0.390. The second-order valence-corrected chi connectivity index (χ2v) is 6.81. The summed E-state index contributed by atoms with van der Waals surface area (Å²) in [7, 11) is -3.13. The van der Waals surface area contributed by atoms with Crippen molar-refractivity contribution in [1.29, 1.82) is 0 Å². The molecule has 2 rings (SSSR count). The van der Waals surface area contributed by atoms with Gasteiger partial charge in [0.15, 0.2) is 9.84 Å². The summed E-state index contributed by atoms with van der Waals surface area (Å²) in [6.45, 7) is 0.416. The van der Waals surface area contributed by atoms with Crippen LogP contribution in [0.3, 0.4) is 0 Å². The number of sulfone groups is 1. The molecule has 5 heteroatoms. The van der Waals surface area contributed by atoms with Crippen molar-refractivity contribution in [1.82, 2.24) is 0 Å². The van der Waals surface area contributed by atoms with Crippen LogP contribution >= 0.6 is 15.9 Å². The van der Waals surface area contributed by atoms with Gasteiger partial charge in [-0.2, -0.15) is 0 Å². The molecule has 0 radical (unpaired) electrons. The summed E-state index contributed by atoms with van der Waals surface area (Å²) < 4.78 is 25.0. The van der Waals surface area contributed by atoms with Gasteiger partial charge in [-0.1, -0.05) is 15.9 Å². The Balaban J connectivity index is 2.48. The molecule has 0 saturated carbocycles. The zero-order chi connectivity index (χ0) is 11.1. The molecule has 15 heavy (non-hydrogen) atoms. The van der Waals surface area contributed by atoms with Crippen molar-refractivity contribution in [3.8, 4) is 0 Å². The molecule has 1 unspecified atom stereocenters. The van der Waals surface area contributed by atoms with Crippen LogP contribution in [0.15, 0.2) is 27.6 Å². The van der Waals surface area contributed by atoms with Gasteiger partial charge in [0.1, 0.15) is 0 Å². The first-order chi connectivity index (χ1) is 7.05. The summed E-state index contributed by atoms with van der Waals surface area (Å²) in [5.41, 5.74) is 6.33. The van der Waals surface area contributed by atoms with Crippen molar-refractivity contribution in [2.75, 3.05) is 6.54 Å². The molecule has 1 aliphatic heterocycles. The predicted octanol–water partition coefficient (Wildman–Crippen LogP) is 1.50. The van der Waals surface area contributed by atoms with Crippen LogP contribution < -0.4 is 5.73 Å². The number of hydrogen-bond acceptors (Lipinski definition) is 3. The van der Waals surface area contributed by atoms with E-state index in [4.69, 9.17) is 5.73 Å². The molecule has 1 aromatic carbocycles. The van der Waals surface area contributed by atoms with Gasteiger partial charge in [-0.05, 0) is 43.1 Å². The summed E-state index contributed by atoms with van der Waals surface area (Å²) >= 11 is 3.34. The highest BCUT2D eigenvalue weighted by atomic mass is 79.9. The fourth-order valence-electron chi connectivity index (χ4n) is 1.96. The molecule has 0 saturated heterocycles. The number of hydrogen-bond donors (Lipinski definition) is 1. The van der Waals surface area contributed by atoms with E-state index in [1.54, 1.807) is 12.1 Å². The minimum Gasteiger partial charge on any atom is -0.330 e. The fraction of sp³-hybridized carbons (Fsp3) is 0.400. The SMILES string of the molecule is NCCC1Cc2cc(Br)ccc2S1(=O)=O. The van der Waals surface area contributed by atoms with Crippen LogP contribution in [0.25, 0.3) is 0 Å². The maximum absolute atomic E-state index is 12.0. The average Bonchev–Trinajstić information content (AvgIpc) is 2.39. The predicted molar refractivity (Wildman–Crippen MR) is 62.5 cm³/mol. The number of halogens is 1. The Morgan fingerprint density at radius 1 is 1.47 bits per heavy atom. The summed E-state index contributed by atoms with van der Waals surface area (Å²) in [4.78, 5) is 0.476. The van der Waals surface area contributed by atoms with E-state index in [0.29, 0.717) is 24.3 Å². The van der Waals surface area contributed by atoms with E-state index in [2.05, 4.69) is 15.9 Å². The molecule has 0 aliphatic carbocycles. The Labute approximate surface area is 97.7 Å². The van der Waals surface area contributed by atoms with E-state index >= 15 is 0 Å². The van der Waals surface area contributed by atoms with Gasteiger partial charge >= 0.3 is 0 Å². The molecule has 2 N–H and O–H groups in total. The lowest BCUT2D eigenvalue weighted by atomic mass is 10.1. The number of nitrogens with two attached hydrogens (primary N) is 1. The quantitative estimate of drug-likeness (QED) is 0.898. The second-order valence-electron chi connectivity index (χ2n) is 3.70. The molecule has 0 fully saturated rings. The fourth-order valence-corrected chi connectivity index (χ4v) is 4.34. The highest BCUT2D eigenvalue weighted by Gasteiger charge is 2.36. The Kier molecular flexibility index (Phi) is 2.87. The minimum atomic E-state index is -3.13. The van der Waals surface area contributed by atoms with Crippen molar-refractivity contribution in [2.45, 2.75) is 23.0 Å². The highest BCUT2D eigenvalue weighted by molar-refractivity contribution is 9.10. The maximum Gasteiger partial charge on any atom is 0.181 e. The van der Waals surface area contributed by atoms with Gasteiger partial charge in [-0.3, -0.25) is 0 Å². The van der Waals surface area contributed by atoms with Gasteiger partial charge in [0.25, 0.3) is 0 Å². The smallest absolute Gasteiger partial charge is 0.181 e. The van der Waals surface area contributed by atoms with E-state index in [0.717, 1.165) is 10.0 Å². The molecular formula is C10H12BrNO2S. The first-order valence-electron chi connectivity index (χ1n) is 4.78. The van der Waals surface area contributed by atoms with Crippen LogP contribution in [0, 0.1) is 0 Å². The third kappa shape index (κ3) is 1.84. The highest BCUT2D eigenvalue weighted by Crippen LogP contribution is 2.34. The van der Waals surface area contributed by atoms with Crippen LogP contribution in [0.2, 0.25) is 0 Å². The number of fused-ring (bicyclic) bond motifs is 1. The van der Waals surface area contributed by atoms with Crippen LogP contribution in [0.5, 0.6) is 0 Å². The molecule has 82 valence electrons. The lowest BCUT2D eigenvalue weighted by Crippen LogP contribution is -2.20. The zero-order valence-electron chi connectivity index (χ0n) is 8.11. The molecule has 3 nitrogen and oxygen atoms in total. The Morgan fingerprint density at radius 2 is 2.20 bits per heavy atom. The van der Waals surface area contributed by atoms with Crippen LogP contribution in [0.4, 0.5) is 0 Å². The van der Waals surface area contributed by atoms with Crippen LogP contribution in [0.1, 0.15) is 12.0 Å². The molecule has 0 bridgehead atoms. The van der Waals surface area contributed by atoms with Crippen molar-refractivity contribution < 1.29 is 8.42 Å². The van der Waals surface area contributed by atoms with Gasteiger partial charge < -0.3 is 5.73 Å². The molecular weight excluding hydrogens is 278 g/mol. The molecule has 1 aromatic rings. The van der Waals surface area contributed by atoms with Crippen LogP contribution in [-0.4, -0.2) is 20.2 Å². The third-order valence-corrected chi connectivity index (χ3v) is 5.49. The van der Waals surface area contributed by atoms with E-state index in [1.807, 2.05) is 6.07 Å². The Bertz CT molecular complexity index is 484. The first kappa shape index (κ1) is 11.1. The third-order valence-electron chi connectivity index (χ3n) is 2.70. The van der Waals surface area contributed by atoms with Gasteiger partial charge in [0.05, 0.1) is 10.1 Å². The van der Waals surface area contributed by atoms with Gasteiger partial charge in [-0.15, -0.1) is 0 Å². The molecule has 1 atom stereocenters. The second kappa shape index (κ2) is 3.88. The van der Waals surface area contributed by atoms with Gasteiger partial charge in [0, 0.05) is 4.47 Å². The minimum absolute atomic E-state index is 0.327. The lowest BCUT2D eigenvalue weighted by molar-refractivity contribution is 0.580. The van der Waals surface area contributed by atoms with Gasteiger partial charge in [-0.25, -0.2) is 8.42 Å². The molecule has 1 aliphatic rings. The van der Waals surface area contributed by atoms with E-state index in [1.165, 1.54) is 0 Å². The maximum atomic E-state index is 12.0. The number of benzene rings is 1. The summed E-state index contributed by atoms with van der Waals surface area (Å²) in [6, 6.07) is 5.32. The monoisotopic (exact) mass is 289 g/mol. The molecule has 1 heterocycles. The summed E-state index contributed by atoms with van der Waals surface area (Å²) in [6.07, 6.45) is 1.13. The van der Waals surface area contributed by atoms with Crippen molar-refractivity contribution >= 4 is 25.8 Å². The van der Waals surface area contributed by atoms with Crippen molar-refractivity contribution in [3.63, 3.8) is 0 Å². The lowest BCUT2D eigenvalue weighted by Gasteiger charge is -2.06. The van der Waals surface area contributed by atoms with E-state index in [9.17, 15) is 8.42 Å². The van der Waals surface area contributed by atoms with E-state index in [-0.39, 0.29) is 5.25 Å². The standard InChI is InChI=1S/C10H12BrNO2S/c11-8-1-2-10-7(5-8)6-9(3-4-12)15(10,13)14/h1-2,5,9H,3-4,6,12H2. The topological polar surface area (TPSA) is 60.2 Å². The molecule has 0 spiro atoms. The summed E-state index contributed by atoms with van der Waals surface area (Å²) in [5, 5.41) is -0.327. The van der Waals surface area contributed by atoms with Crippen molar-refractivity contribution in [3.05, 3.63) is 28.2 Å². The van der Waals surface area contributed by atoms with E-state index < -0.39 is 9.84 Å². The average molecular weight is 290 g/mol. The van der Waals surface area contributed by atoms with Crippen LogP contribution in [-0.2, 0) is 16.3 Å². The zero-order valence-corrected chi connectivity index (χ0v) is 10.5. The Morgan fingerprint density at radius 3 is 2.87 bits per heavy atom. The molecule has 0 aromatic heterocycles. The molecule has 0 amide bonds. The van der Waals surface area contributed by atoms with Gasteiger partial charge in [0.2, 0.25) is 0 Å². The van der Waals surface area contributed by atoms with Crippen molar-refractivity contribution in [2.24, 2.45) is 5.73 Å². The summed E-state index contributed by atoms with van der Waals surface area (Å²) in [5.74, 6) is 0. The largest absolute Gasteiger partial charge is 0.330 e.